The van der Waals surface area contributed by atoms with Crippen LogP contribution in [-0.4, -0.2) is 24.5 Å². The van der Waals surface area contributed by atoms with Crippen LogP contribution in [0.5, 0.6) is 0 Å². The summed E-state index contributed by atoms with van der Waals surface area (Å²) in [6.07, 6.45) is 2.16. The summed E-state index contributed by atoms with van der Waals surface area (Å²) < 4.78 is 15.6. The predicted octanol–water partition coefficient (Wildman–Crippen LogP) is 4.25. The second kappa shape index (κ2) is 8.01. The van der Waals surface area contributed by atoms with Gasteiger partial charge in [0.15, 0.2) is 11.5 Å². The van der Waals surface area contributed by atoms with Crippen LogP contribution in [-0.2, 0) is 0 Å². The lowest BCUT2D eigenvalue weighted by molar-refractivity contribution is 0.629. The maximum atomic E-state index is 14.0. The van der Waals surface area contributed by atoms with E-state index >= 15 is 0 Å². The third-order valence-corrected chi connectivity index (χ3v) is 5.74. The number of fused-ring (bicyclic) bond motifs is 2. The number of nitrogens with zero attached hydrogens (tertiary/aromatic N) is 4. The van der Waals surface area contributed by atoms with Crippen molar-refractivity contribution < 1.29 is 4.39 Å². The first kappa shape index (κ1) is 20.6. The molecule has 0 radical (unpaired) electrons. The molecule has 8 nitrogen and oxygen atoms in total. The summed E-state index contributed by atoms with van der Waals surface area (Å²) in [6, 6.07) is 13.5. The molecule has 2 aromatic carbocycles. The van der Waals surface area contributed by atoms with Crippen molar-refractivity contribution in [2.24, 2.45) is 0 Å². The van der Waals surface area contributed by atoms with Crippen LogP contribution >= 0.6 is 0 Å². The molecule has 33 heavy (non-hydrogen) atoms. The molecule has 0 saturated carbocycles. The Morgan fingerprint density at radius 2 is 2.00 bits per heavy atom. The third-order valence-electron chi connectivity index (χ3n) is 5.74. The van der Waals surface area contributed by atoms with Gasteiger partial charge in [0.05, 0.1) is 23.4 Å². The van der Waals surface area contributed by atoms with Crippen molar-refractivity contribution in [1.82, 2.24) is 24.5 Å². The van der Waals surface area contributed by atoms with E-state index in [1.165, 1.54) is 18.5 Å². The summed E-state index contributed by atoms with van der Waals surface area (Å²) >= 11 is 0. The molecule has 0 spiro atoms. The Hall–Kier alpha value is -4.27. The van der Waals surface area contributed by atoms with Crippen molar-refractivity contribution in [3.8, 4) is 5.69 Å². The molecule has 0 aliphatic rings. The van der Waals surface area contributed by atoms with Crippen molar-refractivity contribution in [1.29, 1.82) is 0 Å². The van der Waals surface area contributed by atoms with E-state index in [9.17, 15) is 9.18 Å². The average Bonchev–Trinajstić information content (AvgIpc) is 3.27. The van der Waals surface area contributed by atoms with Crippen molar-refractivity contribution >= 4 is 33.7 Å². The largest absolute Gasteiger partial charge is 0.368 e. The Morgan fingerprint density at radius 3 is 2.79 bits per heavy atom. The summed E-state index contributed by atoms with van der Waals surface area (Å²) in [5, 5.41) is 4.38. The van der Waals surface area contributed by atoms with Crippen LogP contribution in [0.2, 0.25) is 0 Å². The van der Waals surface area contributed by atoms with Crippen molar-refractivity contribution in [3.63, 3.8) is 0 Å². The molecule has 3 heterocycles. The molecule has 0 bridgehead atoms. The minimum absolute atomic E-state index is 0.106. The number of aromatic nitrogens is 5. The second-order valence-electron chi connectivity index (χ2n) is 7.86. The lowest BCUT2D eigenvalue weighted by atomic mass is 10.0. The Labute approximate surface area is 188 Å². The number of para-hydroxylation sites is 1. The van der Waals surface area contributed by atoms with Gasteiger partial charge >= 0.3 is 0 Å². The number of pyridine rings is 1. The standard InChI is InChI=1S/C24H22FN7O/c1-3-17(29-22-20-21(28-12-27-20)30-24(26)31-22)19-10-14-8-9-15(25)11-16(14)23(33)32(19)18-7-5-4-6-13(18)2/h4-12,17H,3H2,1-2H3,(H4,26,27,28,29,30,31). The van der Waals surface area contributed by atoms with Crippen LogP contribution in [0, 0.1) is 12.7 Å². The zero-order valence-corrected chi connectivity index (χ0v) is 18.1. The quantitative estimate of drug-likeness (QED) is 0.374. The Bertz CT molecular complexity index is 1560. The van der Waals surface area contributed by atoms with E-state index in [1.54, 1.807) is 10.6 Å². The highest BCUT2D eigenvalue weighted by atomic mass is 19.1. The number of anilines is 2. The van der Waals surface area contributed by atoms with Crippen molar-refractivity contribution in [3.05, 3.63) is 82.3 Å². The van der Waals surface area contributed by atoms with E-state index in [1.807, 2.05) is 44.2 Å². The molecule has 0 amide bonds. The van der Waals surface area contributed by atoms with Crippen LogP contribution in [0.15, 0.2) is 59.7 Å². The van der Waals surface area contributed by atoms with Gasteiger partial charge in [0.2, 0.25) is 5.95 Å². The van der Waals surface area contributed by atoms with Gasteiger partial charge in [-0.2, -0.15) is 9.97 Å². The number of halogens is 1. The maximum Gasteiger partial charge on any atom is 0.263 e. The summed E-state index contributed by atoms with van der Waals surface area (Å²) in [7, 11) is 0. The normalized spacial score (nSPS) is 12.3. The first-order chi connectivity index (χ1) is 16.0. The predicted molar refractivity (Wildman–Crippen MR) is 127 cm³/mol. The summed E-state index contributed by atoms with van der Waals surface area (Å²) in [5.41, 5.74) is 9.05. The van der Waals surface area contributed by atoms with Gasteiger partial charge in [-0.1, -0.05) is 31.2 Å². The number of nitrogens with one attached hydrogen (secondary N) is 2. The van der Waals surface area contributed by atoms with Gasteiger partial charge in [0.25, 0.3) is 5.56 Å². The maximum absolute atomic E-state index is 14.0. The van der Waals surface area contributed by atoms with E-state index in [-0.39, 0.29) is 17.5 Å². The van der Waals surface area contributed by atoms with Gasteiger partial charge in [-0.05, 0) is 48.6 Å². The van der Waals surface area contributed by atoms with Crippen LogP contribution < -0.4 is 16.6 Å². The molecular formula is C24H22FN7O. The summed E-state index contributed by atoms with van der Waals surface area (Å²) in [6.45, 7) is 3.94. The number of H-pyrrole nitrogens is 1. The molecule has 5 rings (SSSR count). The number of rotatable bonds is 5. The Kier molecular flexibility index (Phi) is 5.01. The van der Waals surface area contributed by atoms with Gasteiger partial charge < -0.3 is 16.0 Å². The molecule has 0 aliphatic heterocycles. The SMILES string of the molecule is CCC(Nc1nc(N)nc2[nH]cnc12)c1cc2ccc(F)cc2c(=O)n1-c1ccccc1C. The van der Waals surface area contributed by atoms with Gasteiger partial charge in [0.1, 0.15) is 11.3 Å². The fourth-order valence-electron chi connectivity index (χ4n) is 4.12. The number of imidazole rings is 1. The number of nitrogens with two attached hydrogens (primary N) is 1. The molecule has 4 N–H and O–H groups in total. The number of hydrogen-bond donors (Lipinski definition) is 3. The molecule has 9 heteroatoms. The number of benzene rings is 2. The van der Waals surface area contributed by atoms with E-state index in [4.69, 9.17) is 5.73 Å². The molecule has 0 aliphatic carbocycles. The summed E-state index contributed by atoms with van der Waals surface area (Å²) in [4.78, 5) is 29.4. The van der Waals surface area contributed by atoms with Crippen LogP contribution in [0.1, 0.15) is 30.6 Å². The number of aryl methyl sites for hydroxylation is 1. The first-order valence-electron chi connectivity index (χ1n) is 10.6. The Balaban J connectivity index is 1.75. The minimum atomic E-state index is -0.453. The van der Waals surface area contributed by atoms with Crippen LogP contribution in [0.25, 0.3) is 27.6 Å². The average molecular weight is 443 g/mol. The lowest BCUT2D eigenvalue weighted by Crippen LogP contribution is -2.27. The molecule has 3 aromatic heterocycles. The molecule has 1 unspecified atom stereocenters. The topological polar surface area (TPSA) is 115 Å². The molecule has 0 saturated heterocycles. The number of hydrogen-bond acceptors (Lipinski definition) is 6. The van der Waals surface area contributed by atoms with E-state index in [0.29, 0.717) is 34.2 Å². The van der Waals surface area contributed by atoms with E-state index in [2.05, 4.69) is 25.3 Å². The second-order valence-corrected chi connectivity index (χ2v) is 7.86. The van der Waals surface area contributed by atoms with E-state index < -0.39 is 5.82 Å². The highest BCUT2D eigenvalue weighted by Crippen LogP contribution is 2.29. The number of nitrogen functional groups attached to an aromatic ring is 1. The van der Waals surface area contributed by atoms with E-state index in [0.717, 1.165) is 16.9 Å². The summed E-state index contributed by atoms with van der Waals surface area (Å²) in [5.74, 6) is 0.120. The van der Waals surface area contributed by atoms with Crippen LogP contribution in [0.4, 0.5) is 16.2 Å². The Morgan fingerprint density at radius 1 is 1.18 bits per heavy atom. The monoisotopic (exact) mass is 443 g/mol. The third kappa shape index (κ3) is 3.57. The lowest BCUT2D eigenvalue weighted by Gasteiger charge is -2.24. The van der Waals surface area contributed by atoms with Crippen molar-refractivity contribution in [2.45, 2.75) is 26.3 Å². The smallest absolute Gasteiger partial charge is 0.263 e. The first-order valence-corrected chi connectivity index (χ1v) is 10.6. The fourth-order valence-corrected chi connectivity index (χ4v) is 4.12. The van der Waals surface area contributed by atoms with Gasteiger partial charge in [0, 0.05) is 5.69 Å². The molecule has 0 fully saturated rings. The van der Waals surface area contributed by atoms with Gasteiger partial charge in [-0.3, -0.25) is 9.36 Å². The molecule has 1 atom stereocenters. The van der Waals surface area contributed by atoms with Gasteiger partial charge in [-0.15, -0.1) is 0 Å². The van der Waals surface area contributed by atoms with Gasteiger partial charge in [-0.25, -0.2) is 9.37 Å². The fraction of sp³-hybridized carbons (Fsp3) is 0.167. The molecule has 166 valence electrons. The van der Waals surface area contributed by atoms with Crippen LogP contribution in [0.3, 0.4) is 0 Å². The zero-order chi connectivity index (χ0) is 23.1. The zero-order valence-electron chi connectivity index (χ0n) is 18.1. The molecule has 5 aromatic rings. The molecular weight excluding hydrogens is 421 g/mol. The highest BCUT2D eigenvalue weighted by molar-refractivity contribution is 5.85. The number of aromatic amines is 1. The van der Waals surface area contributed by atoms with Crippen molar-refractivity contribution in [2.75, 3.05) is 11.1 Å². The minimum Gasteiger partial charge on any atom is -0.368 e. The highest BCUT2D eigenvalue weighted by Gasteiger charge is 2.21.